The molecule has 6 heteroatoms. The molecule has 0 spiro atoms. The second-order valence-electron chi connectivity index (χ2n) is 7.05. The molecule has 1 aliphatic heterocycles. The van der Waals surface area contributed by atoms with E-state index in [4.69, 9.17) is 16.1 Å². The van der Waals surface area contributed by atoms with E-state index in [1.807, 2.05) is 13.0 Å². The molecule has 26 heavy (non-hydrogen) atoms. The molecule has 0 aliphatic carbocycles. The van der Waals surface area contributed by atoms with Crippen LogP contribution in [0.15, 0.2) is 34.9 Å². The molecular formula is C20H26ClN3O2. The second kappa shape index (κ2) is 9.19. The lowest BCUT2D eigenvalue weighted by molar-refractivity contribution is -0.121. The molecule has 0 radical (unpaired) electrons. The summed E-state index contributed by atoms with van der Waals surface area (Å²) in [5.74, 6) is 0.569. The van der Waals surface area contributed by atoms with Gasteiger partial charge in [0.2, 0.25) is 11.1 Å². The summed E-state index contributed by atoms with van der Waals surface area (Å²) in [6, 6.07) is 10.6. The van der Waals surface area contributed by atoms with E-state index in [-0.39, 0.29) is 5.91 Å². The Labute approximate surface area is 159 Å². The van der Waals surface area contributed by atoms with Gasteiger partial charge in [-0.15, -0.1) is 0 Å². The van der Waals surface area contributed by atoms with Gasteiger partial charge in [0.25, 0.3) is 0 Å². The van der Waals surface area contributed by atoms with Crippen molar-refractivity contribution >= 4 is 17.5 Å². The van der Waals surface area contributed by atoms with Crippen molar-refractivity contribution in [3.8, 4) is 0 Å². The van der Waals surface area contributed by atoms with Gasteiger partial charge in [-0.1, -0.05) is 35.5 Å². The number of aryl methyl sites for hydroxylation is 1. The Morgan fingerprint density at radius 2 is 2.19 bits per heavy atom. The molecule has 140 valence electrons. The minimum Gasteiger partial charge on any atom is -0.356 e. The van der Waals surface area contributed by atoms with Crippen molar-refractivity contribution in [1.82, 2.24) is 15.4 Å². The first kappa shape index (κ1) is 18.9. The molecule has 1 amide bonds. The summed E-state index contributed by atoms with van der Waals surface area (Å²) in [4.78, 5) is 14.6. The number of nitrogens with one attached hydrogen (secondary N) is 1. The Morgan fingerprint density at radius 3 is 2.92 bits per heavy atom. The first-order chi connectivity index (χ1) is 12.6. The van der Waals surface area contributed by atoms with Crippen LogP contribution in [0, 0.1) is 12.8 Å². The number of halogens is 1. The number of amides is 1. The summed E-state index contributed by atoms with van der Waals surface area (Å²) < 4.78 is 4.92. The third kappa shape index (κ3) is 5.32. The van der Waals surface area contributed by atoms with Gasteiger partial charge < -0.3 is 9.84 Å². The summed E-state index contributed by atoms with van der Waals surface area (Å²) in [5.41, 5.74) is 2.93. The van der Waals surface area contributed by atoms with E-state index >= 15 is 0 Å². The average molecular weight is 376 g/mol. The van der Waals surface area contributed by atoms with E-state index < -0.39 is 0 Å². The van der Waals surface area contributed by atoms with Crippen molar-refractivity contribution in [2.45, 2.75) is 39.2 Å². The first-order valence-electron chi connectivity index (χ1n) is 9.25. The molecule has 1 atom stereocenters. The third-order valence-corrected chi connectivity index (χ3v) is 5.28. The smallest absolute Gasteiger partial charge is 0.229 e. The van der Waals surface area contributed by atoms with Crippen LogP contribution < -0.4 is 5.32 Å². The van der Waals surface area contributed by atoms with Crippen molar-refractivity contribution in [2.75, 3.05) is 19.6 Å². The number of benzene rings is 1. The number of rotatable bonds is 7. The first-order valence-corrected chi connectivity index (χ1v) is 9.63. The molecular weight excluding hydrogens is 350 g/mol. The Morgan fingerprint density at radius 1 is 1.38 bits per heavy atom. The number of carbonyl (C=O) groups excluding carboxylic acids is 1. The molecule has 3 rings (SSSR count). The van der Waals surface area contributed by atoms with E-state index in [9.17, 15) is 4.79 Å². The van der Waals surface area contributed by atoms with Crippen LogP contribution in [0.3, 0.4) is 0 Å². The topological polar surface area (TPSA) is 58.4 Å². The minimum absolute atomic E-state index is 0.0573. The van der Waals surface area contributed by atoms with Gasteiger partial charge in [-0.2, -0.15) is 0 Å². The predicted molar refractivity (Wildman–Crippen MR) is 102 cm³/mol. The molecule has 1 aromatic heterocycles. The largest absolute Gasteiger partial charge is 0.356 e. The molecule has 1 saturated heterocycles. The summed E-state index contributed by atoms with van der Waals surface area (Å²) in [6.07, 6.45) is 3.32. The maximum atomic E-state index is 12.2. The maximum absolute atomic E-state index is 12.2. The van der Waals surface area contributed by atoms with Crippen molar-refractivity contribution < 1.29 is 9.32 Å². The van der Waals surface area contributed by atoms with Crippen LogP contribution in [0.2, 0.25) is 5.22 Å². The molecule has 5 nitrogen and oxygen atoms in total. The molecule has 1 fully saturated rings. The highest BCUT2D eigenvalue weighted by atomic mass is 35.5. The van der Waals surface area contributed by atoms with Crippen LogP contribution >= 0.6 is 11.6 Å². The Bertz CT molecular complexity index is 698. The Balaban J connectivity index is 1.40. The van der Waals surface area contributed by atoms with E-state index in [2.05, 4.69) is 39.6 Å². The second-order valence-corrected chi connectivity index (χ2v) is 7.40. The van der Waals surface area contributed by atoms with Crippen LogP contribution in [0.25, 0.3) is 0 Å². The zero-order valence-electron chi connectivity index (χ0n) is 15.2. The standard InChI is InChI=1S/C20H26ClN3O2/c1-15-18(20(21)26-23-15)9-10-19(25)22-12-17-8-5-11-24(14-17)13-16-6-3-2-4-7-16/h2-4,6-7,17H,5,8-14H2,1H3,(H,22,25). The number of likely N-dealkylation sites (tertiary alicyclic amines) is 1. The quantitative estimate of drug-likeness (QED) is 0.803. The zero-order chi connectivity index (χ0) is 18.4. The minimum atomic E-state index is 0.0573. The van der Waals surface area contributed by atoms with Crippen molar-refractivity contribution in [2.24, 2.45) is 5.92 Å². The molecule has 0 saturated carbocycles. The van der Waals surface area contributed by atoms with Gasteiger partial charge in [-0.05, 0) is 55.8 Å². The van der Waals surface area contributed by atoms with Gasteiger partial charge in [-0.3, -0.25) is 9.69 Å². The van der Waals surface area contributed by atoms with Crippen LogP contribution in [-0.2, 0) is 17.8 Å². The van der Waals surface area contributed by atoms with Gasteiger partial charge in [0, 0.05) is 31.6 Å². The number of carbonyl (C=O) groups is 1. The molecule has 1 aliphatic rings. The lowest BCUT2D eigenvalue weighted by atomic mass is 9.97. The maximum Gasteiger partial charge on any atom is 0.229 e. The van der Waals surface area contributed by atoms with Gasteiger partial charge in [-0.25, -0.2) is 0 Å². The molecule has 2 heterocycles. The number of aromatic nitrogens is 1. The SMILES string of the molecule is Cc1noc(Cl)c1CCC(=O)NCC1CCCN(Cc2ccccc2)C1. The molecule has 2 aromatic rings. The van der Waals surface area contributed by atoms with E-state index in [1.165, 1.54) is 18.4 Å². The predicted octanol–water partition coefficient (Wildman–Crippen LogP) is 3.60. The highest BCUT2D eigenvalue weighted by Gasteiger charge is 2.20. The molecule has 0 bridgehead atoms. The Kier molecular flexibility index (Phi) is 6.69. The van der Waals surface area contributed by atoms with Gasteiger partial charge >= 0.3 is 0 Å². The van der Waals surface area contributed by atoms with E-state index in [1.54, 1.807) is 0 Å². The summed E-state index contributed by atoms with van der Waals surface area (Å²) in [5, 5.41) is 7.18. The van der Waals surface area contributed by atoms with Crippen molar-refractivity contribution in [1.29, 1.82) is 0 Å². The zero-order valence-corrected chi connectivity index (χ0v) is 16.0. The fraction of sp³-hybridized carbons (Fsp3) is 0.500. The fourth-order valence-electron chi connectivity index (χ4n) is 3.53. The van der Waals surface area contributed by atoms with Crippen LogP contribution in [-0.4, -0.2) is 35.6 Å². The highest BCUT2D eigenvalue weighted by Crippen LogP contribution is 2.21. The van der Waals surface area contributed by atoms with Gasteiger partial charge in [0.1, 0.15) is 0 Å². The van der Waals surface area contributed by atoms with E-state index in [0.717, 1.165) is 37.4 Å². The summed E-state index contributed by atoms with van der Waals surface area (Å²) >= 11 is 5.94. The van der Waals surface area contributed by atoms with Crippen molar-refractivity contribution in [3.63, 3.8) is 0 Å². The van der Waals surface area contributed by atoms with Crippen molar-refractivity contribution in [3.05, 3.63) is 52.4 Å². The number of hydrogen-bond donors (Lipinski definition) is 1. The van der Waals surface area contributed by atoms with Gasteiger partial charge in [0.05, 0.1) is 5.69 Å². The van der Waals surface area contributed by atoms with Crippen LogP contribution in [0.1, 0.15) is 36.1 Å². The number of nitrogens with zero attached hydrogens (tertiary/aromatic N) is 2. The number of hydrogen-bond acceptors (Lipinski definition) is 4. The lowest BCUT2D eigenvalue weighted by Crippen LogP contribution is -2.40. The Hall–Kier alpha value is -1.85. The summed E-state index contributed by atoms with van der Waals surface area (Å²) in [6.45, 7) is 5.72. The van der Waals surface area contributed by atoms with E-state index in [0.29, 0.717) is 24.0 Å². The average Bonchev–Trinajstić information content (AvgIpc) is 2.97. The number of piperidine rings is 1. The van der Waals surface area contributed by atoms with Crippen LogP contribution in [0.4, 0.5) is 0 Å². The highest BCUT2D eigenvalue weighted by molar-refractivity contribution is 6.29. The lowest BCUT2D eigenvalue weighted by Gasteiger charge is -2.32. The molecule has 1 N–H and O–H groups in total. The fourth-order valence-corrected chi connectivity index (χ4v) is 3.79. The van der Waals surface area contributed by atoms with Gasteiger partial charge in [0.15, 0.2) is 0 Å². The monoisotopic (exact) mass is 375 g/mol. The molecule has 1 unspecified atom stereocenters. The summed E-state index contributed by atoms with van der Waals surface area (Å²) in [7, 11) is 0. The normalized spacial score (nSPS) is 18.0. The third-order valence-electron chi connectivity index (χ3n) is 4.98. The van der Waals surface area contributed by atoms with Crippen LogP contribution in [0.5, 0.6) is 0 Å². The molecule has 1 aromatic carbocycles.